The molecular weight excluding hydrogens is 282 g/mol. The monoisotopic (exact) mass is 295 g/mol. The number of carbonyl (C=O) groups is 1. The molecule has 0 atom stereocenters. The van der Waals surface area contributed by atoms with E-state index in [0.717, 1.165) is 0 Å². The minimum Gasteiger partial charge on any atom is -0.508 e. The van der Waals surface area contributed by atoms with E-state index in [2.05, 4.69) is 10.5 Å². The highest BCUT2D eigenvalue weighted by Gasteiger charge is 2.01. The number of hydrazone groups is 1. The van der Waals surface area contributed by atoms with Crippen molar-refractivity contribution >= 4 is 12.1 Å². The molecule has 2 N–H and O–H groups in total. The molecule has 0 radical (unpaired) electrons. The van der Waals surface area contributed by atoms with E-state index in [1.165, 1.54) is 12.3 Å². The summed E-state index contributed by atoms with van der Waals surface area (Å²) in [4.78, 5) is 11.5. The first kappa shape index (κ1) is 15.1. The van der Waals surface area contributed by atoms with E-state index >= 15 is 0 Å². The van der Waals surface area contributed by atoms with E-state index in [9.17, 15) is 9.90 Å². The van der Waals surface area contributed by atoms with Crippen LogP contribution >= 0.6 is 0 Å². The Labute approximate surface area is 127 Å². The summed E-state index contributed by atoms with van der Waals surface area (Å²) in [5, 5.41) is 21.7. The minimum absolute atomic E-state index is 0.124. The molecule has 0 saturated carbocycles. The van der Waals surface area contributed by atoms with Crippen LogP contribution in [0, 0.1) is 11.3 Å². The molecule has 22 heavy (non-hydrogen) atoms. The summed E-state index contributed by atoms with van der Waals surface area (Å²) in [7, 11) is 0. The molecule has 0 fully saturated rings. The summed E-state index contributed by atoms with van der Waals surface area (Å²) in [6.45, 7) is -0.191. The van der Waals surface area contributed by atoms with E-state index in [1.54, 1.807) is 42.5 Å². The molecule has 110 valence electrons. The Bertz CT molecular complexity index is 718. The Kier molecular flexibility index (Phi) is 5.10. The number of nitrogens with zero attached hydrogens (tertiary/aromatic N) is 2. The van der Waals surface area contributed by atoms with E-state index < -0.39 is 5.91 Å². The van der Waals surface area contributed by atoms with Crippen molar-refractivity contribution in [3.05, 3.63) is 59.7 Å². The summed E-state index contributed by atoms with van der Waals surface area (Å²) in [6.07, 6.45) is 1.42. The Hall–Kier alpha value is -3.33. The molecule has 0 bridgehead atoms. The highest BCUT2D eigenvalue weighted by molar-refractivity contribution is 5.83. The van der Waals surface area contributed by atoms with Gasteiger partial charge in [-0.1, -0.05) is 12.1 Å². The molecule has 0 aromatic heterocycles. The second-order valence-corrected chi connectivity index (χ2v) is 4.31. The van der Waals surface area contributed by atoms with Crippen molar-refractivity contribution in [3.8, 4) is 17.6 Å². The number of amides is 1. The fourth-order valence-electron chi connectivity index (χ4n) is 1.59. The van der Waals surface area contributed by atoms with E-state index in [1.807, 2.05) is 6.07 Å². The standard InChI is InChI=1S/C16H13N3O3/c17-9-12-4-6-15(7-5-12)22-11-16(21)19-18-10-13-2-1-3-14(20)8-13/h1-8,10,20H,11H2,(H,19,21)/b18-10-. The van der Waals surface area contributed by atoms with Crippen LogP contribution in [0.2, 0.25) is 0 Å². The van der Waals surface area contributed by atoms with Crippen LogP contribution in [0.4, 0.5) is 0 Å². The quantitative estimate of drug-likeness (QED) is 0.649. The normalized spacial score (nSPS) is 10.1. The molecule has 0 spiro atoms. The fourth-order valence-corrected chi connectivity index (χ4v) is 1.59. The Morgan fingerprint density at radius 2 is 2.09 bits per heavy atom. The smallest absolute Gasteiger partial charge is 0.277 e. The lowest BCUT2D eigenvalue weighted by Crippen LogP contribution is -2.24. The summed E-state index contributed by atoms with van der Waals surface area (Å²) in [5.41, 5.74) is 3.50. The second kappa shape index (κ2) is 7.45. The van der Waals surface area contributed by atoms with Crippen LogP contribution < -0.4 is 10.2 Å². The average Bonchev–Trinajstić information content (AvgIpc) is 2.53. The molecule has 0 unspecified atom stereocenters. The van der Waals surface area contributed by atoms with Crippen molar-refractivity contribution in [1.82, 2.24) is 5.43 Å². The number of rotatable bonds is 5. The molecule has 2 aromatic carbocycles. The predicted octanol–water partition coefficient (Wildman–Crippen LogP) is 1.79. The Morgan fingerprint density at radius 3 is 2.77 bits per heavy atom. The van der Waals surface area contributed by atoms with Crippen LogP contribution in [0.25, 0.3) is 0 Å². The van der Waals surface area contributed by atoms with Gasteiger partial charge >= 0.3 is 0 Å². The summed E-state index contributed by atoms with van der Waals surface area (Å²) in [6, 6.07) is 14.9. The zero-order valence-electron chi connectivity index (χ0n) is 11.6. The number of phenolic OH excluding ortho intramolecular Hbond substituents is 1. The zero-order valence-corrected chi connectivity index (χ0v) is 11.6. The maximum Gasteiger partial charge on any atom is 0.277 e. The summed E-state index contributed by atoms with van der Waals surface area (Å²) >= 11 is 0. The number of hydrogen-bond acceptors (Lipinski definition) is 5. The van der Waals surface area contributed by atoms with Gasteiger partial charge in [0.25, 0.3) is 5.91 Å². The number of nitriles is 1. The second-order valence-electron chi connectivity index (χ2n) is 4.31. The lowest BCUT2D eigenvalue weighted by Gasteiger charge is -2.04. The molecule has 1 amide bonds. The lowest BCUT2D eigenvalue weighted by molar-refractivity contribution is -0.123. The number of ether oxygens (including phenoxy) is 1. The number of benzene rings is 2. The minimum atomic E-state index is -0.416. The molecule has 6 nitrogen and oxygen atoms in total. The van der Waals surface area contributed by atoms with E-state index in [-0.39, 0.29) is 12.4 Å². The molecule has 0 aliphatic carbocycles. The summed E-state index contributed by atoms with van der Waals surface area (Å²) < 4.78 is 5.25. The van der Waals surface area contributed by atoms with Crippen LogP contribution in [0.5, 0.6) is 11.5 Å². The van der Waals surface area contributed by atoms with Crippen LogP contribution in [0.1, 0.15) is 11.1 Å². The van der Waals surface area contributed by atoms with Crippen molar-refractivity contribution in [1.29, 1.82) is 5.26 Å². The van der Waals surface area contributed by atoms with Gasteiger partial charge in [0.15, 0.2) is 6.61 Å². The number of nitrogens with one attached hydrogen (secondary N) is 1. The fraction of sp³-hybridized carbons (Fsp3) is 0.0625. The predicted molar refractivity (Wildman–Crippen MR) is 80.5 cm³/mol. The van der Waals surface area contributed by atoms with Crippen LogP contribution in [-0.4, -0.2) is 23.8 Å². The zero-order chi connectivity index (χ0) is 15.8. The maximum absolute atomic E-state index is 11.5. The van der Waals surface area contributed by atoms with Crippen molar-refractivity contribution < 1.29 is 14.6 Å². The number of aromatic hydroxyl groups is 1. The number of hydrogen-bond donors (Lipinski definition) is 2. The van der Waals surface area contributed by atoms with E-state index in [0.29, 0.717) is 16.9 Å². The molecule has 0 aliphatic rings. The molecule has 0 heterocycles. The first-order valence-electron chi connectivity index (χ1n) is 6.41. The van der Waals surface area contributed by atoms with Crippen molar-refractivity contribution in [3.63, 3.8) is 0 Å². The van der Waals surface area contributed by atoms with Crippen LogP contribution in [-0.2, 0) is 4.79 Å². The molecule has 2 rings (SSSR count). The molecule has 6 heteroatoms. The van der Waals surface area contributed by atoms with Gasteiger partial charge in [0, 0.05) is 0 Å². The molecule has 0 saturated heterocycles. The van der Waals surface area contributed by atoms with Gasteiger partial charge in [-0.15, -0.1) is 0 Å². The number of phenols is 1. The topological polar surface area (TPSA) is 94.7 Å². The van der Waals surface area contributed by atoms with Crippen molar-refractivity contribution in [2.24, 2.45) is 5.10 Å². The molecule has 2 aromatic rings. The van der Waals surface area contributed by atoms with Crippen LogP contribution in [0.15, 0.2) is 53.6 Å². The first-order chi connectivity index (χ1) is 10.7. The van der Waals surface area contributed by atoms with Gasteiger partial charge in [0.1, 0.15) is 11.5 Å². The van der Waals surface area contributed by atoms with Gasteiger partial charge in [0.2, 0.25) is 0 Å². The molecule has 0 aliphatic heterocycles. The van der Waals surface area contributed by atoms with Gasteiger partial charge in [-0.05, 0) is 42.0 Å². The summed E-state index contributed by atoms with van der Waals surface area (Å²) in [5.74, 6) is 0.200. The average molecular weight is 295 g/mol. The van der Waals surface area contributed by atoms with Crippen LogP contribution in [0.3, 0.4) is 0 Å². The third-order valence-corrected chi connectivity index (χ3v) is 2.63. The highest BCUT2D eigenvalue weighted by Crippen LogP contribution is 2.11. The van der Waals surface area contributed by atoms with Crippen molar-refractivity contribution in [2.45, 2.75) is 0 Å². The molecular formula is C16H13N3O3. The lowest BCUT2D eigenvalue weighted by atomic mass is 10.2. The van der Waals surface area contributed by atoms with E-state index in [4.69, 9.17) is 10.00 Å². The van der Waals surface area contributed by atoms with Gasteiger partial charge < -0.3 is 9.84 Å². The SMILES string of the molecule is N#Cc1ccc(OCC(=O)N/N=C\c2cccc(O)c2)cc1. The van der Waals surface area contributed by atoms with Gasteiger partial charge in [-0.2, -0.15) is 10.4 Å². The third kappa shape index (κ3) is 4.65. The number of carbonyl (C=O) groups excluding carboxylic acids is 1. The Balaban J connectivity index is 1.79. The highest BCUT2D eigenvalue weighted by atomic mass is 16.5. The van der Waals surface area contributed by atoms with Gasteiger partial charge in [0.05, 0.1) is 17.8 Å². The third-order valence-electron chi connectivity index (χ3n) is 2.63. The largest absolute Gasteiger partial charge is 0.508 e. The Morgan fingerprint density at radius 1 is 1.32 bits per heavy atom. The first-order valence-corrected chi connectivity index (χ1v) is 6.41. The van der Waals surface area contributed by atoms with Gasteiger partial charge in [-0.25, -0.2) is 5.43 Å². The maximum atomic E-state index is 11.5. The van der Waals surface area contributed by atoms with Gasteiger partial charge in [-0.3, -0.25) is 4.79 Å². The van der Waals surface area contributed by atoms with Crippen molar-refractivity contribution in [2.75, 3.05) is 6.61 Å².